The van der Waals surface area contributed by atoms with Gasteiger partial charge in [0.1, 0.15) is 5.75 Å². The second-order valence-electron chi connectivity index (χ2n) is 6.93. The van der Waals surface area contributed by atoms with Gasteiger partial charge in [-0.3, -0.25) is 4.79 Å². The zero-order valence-electron chi connectivity index (χ0n) is 15.5. The lowest BCUT2D eigenvalue weighted by Gasteiger charge is -2.32. The van der Waals surface area contributed by atoms with Gasteiger partial charge in [-0.2, -0.15) is 0 Å². The van der Waals surface area contributed by atoms with Gasteiger partial charge in [-0.25, -0.2) is 0 Å². The molecule has 2 aromatic carbocycles. The zero-order valence-corrected chi connectivity index (χ0v) is 15.5. The van der Waals surface area contributed by atoms with E-state index in [-0.39, 0.29) is 5.91 Å². The Balaban J connectivity index is 1.39. The van der Waals surface area contributed by atoms with Gasteiger partial charge in [-0.15, -0.1) is 0 Å². The van der Waals surface area contributed by atoms with E-state index in [1.54, 1.807) is 7.11 Å². The van der Waals surface area contributed by atoms with Crippen LogP contribution in [0.25, 0.3) is 0 Å². The molecule has 1 N–H and O–H groups in total. The number of hydrogen-bond donors (Lipinski definition) is 1. The fraction of sp³-hybridized carbons (Fsp3) is 0.409. The van der Waals surface area contributed by atoms with Crippen molar-refractivity contribution in [1.82, 2.24) is 10.2 Å². The summed E-state index contributed by atoms with van der Waals surface area (Å²) in [5, 5.41) is 3.25. The number of nitrogens with one attached hydrogen (secondary N) is 1. The monoisotopic (exact) mass is 352 g/mol. The van der Waals surface area contributed by atoms with E-state index in [1.165, 1.54) is 5.56 Å². The lowest BCUT2D eigenvalue weighted by molar-refractivity contribution is -0.131. The Morgan fingerprint density at radius 1 is 1.08 bits per heavy atom. The number of ether oxygens (including phenoxy) is 1. The number of carbonyl (C=O) groups is 1. The molecule has 1 heterocycles. The maximum absolute atomic E-state index is 12.4. The highest BCUT2D eigenvalue weighted by Gasteiger charge is 2.22. The van der Waals surface area contributed by atoms with Gasteiger partial charge in [0.25, 0.3) is 0 Å². The van der Waals surface area contributed by atoms with Crippen LogP contribution >= 0.6 is 0 Å². The molecule has 4 heteroatoms. The summed E-state index contributed by atoms with van der Waals surface area (Å²) in [5.74, 6) is 1.73. The van der Waals surface area contributed by atoms with Crippen LogP contribution < -0.4 is 10.1 Å². The number of amides is 1. The highest BCUT2D eigenvalue weighted by atomic mass is 16.5. The molecule has 1 amide bonds. The van der Waals surface area contributed by atoms with Gasteiger partial charge >= 0.3 is 0 Å². The molecule has 1 fully saturated rings. The molecule has 1 aliphatic heterocycles. The quantitative estimate of drug-likeness (QED) is 0.832. The van der Waals surface area contributed by atoms with Crippen LogP contribution in [0.15, 0.2) is 54.6 Å². The predicted octanol–water partition coefficient (Wildman–Crippen LogP) is 3.27. The van der Waals surface area contributed by atoms with Gasteiger partial charge in [-0.05, 0) is 36.8 Å². The van der Waals surface area contributed by atoms with Crippen LogP contribution in [-0.4, -0.2) is 37.6 Å². The minimum atomic E-state index is 0.193. The van der Waals surface area contributed by atoms with Crippen molar-refractivity contribution in [1.29, 1.82) is 0 Å². The van der Waals surface area contributed by atoms with Crippen molar-refractivity contribution in [3.8, 4) is 5.75 Å². The molecule has 0 aromatic heterocycles. The molecule has 0 atom stereocenters. The summed E-state index contributed by atoms with van der Waals surface area (Å²) in [6, 6.07) is 18.5. The Kier molecular flexibility index (Phi) is 6.67. The Labute approximate surface area is 156 Å². The number of nitrogens with zero attached hydrogens (tertiary/aromatic N) is 1. The van der Waals surface area contributed by atoms with Gasteiger partial charge in [0.2, 0.25) is 5.91 Å². The molecular weight excluding hydrogens is 324 g/mol. The summed E-state index contributed by atoms with van der Waals surface area (Å²) >= 11 is 0. The number of para-hydroxylation sites is 1. The van der Waals surface area contributed by atoms with Crippen LogP contribution in [0.3, 0.4) is 0 Å². The first kappa shape index (κ1) is 18.5. The third kappa shape index (κ3) is 5.09. The normalized spacial score (nSPS) is 15.0. The van der Waals surface area contributed by atoms with Crippen LogP contribution in [0.5, 0.6) is 5.75 Å². The summed E-state index contributed by atoms with van der Waals surface area (Å²) in [4.78, 5) is 14.4. The Bertz CT molecular complexity index is 694. The molecule has 138 valence electrons. The van der Waals surface area contributed by atoms with Crippen LogP contribution in [-0.2, 0) is 17.8 Å². The first-order valence-electron chi connectivity index (χ1n) is 9.40. The van der Waals surface area contributed by atoms with Crippen molar-refractivity contribution in [3.63, 3.8) is 0 Å². The first-order chi connectivity index (χ1) is 12.8. The van der Waals surface area contributed by atoms with Gasteiger partial charge in [-0.1, -0.05) is 48.5 Å². The highest BCUT2D eigenvalue weighted by molar-refractivity contribution is 5.78. The van der Waals surface area contributed by atoms with Gasteiger partial charge < -0.3 is 15.0 Å². The van der Waals surface area contributed by atoms with Crippen molar-refractivity contribution >= 4 is 5.91 Å². The van der Waals surface area contributed by atoms with Crippen molar-refractivity contribution < 1.29 is 9.53 Å². The SMILES string of the molecule is COc1ccccc1CNCC(=O)N1CCC(Cc2ccccc2)CC1. The molecule has 4 nitrogen and oxygen atoms in total. The minimum absolute atomic E-state index is 0.193. The highest BCUT2D eigenvalue weighted by Crippen LogP contribution is 2.21. The molecule has 0 spiro atoms. The lowest BCUT2D eigenvalue weighted by atomic mass is 9.90. The molecule has 0 bridgehead atoms. The number of hydrogen-bond acceptors (Lipinski definition) is 3. The molecular formula is C22H28N2O2. The van der Waals surface area contributed by atoms with E-state index in [0.717, 1.165) is 43.7 Å². The van der Waals surface area contributed by atoms with Gasteiger partial charge in [0.05, 0.1) is 13.7 Å². The fourth-order valence-electron chi connectivity index (χ4n) is 3.60. The number of likely N-dealkylation sites (tertiary alicyclic amines) is 1. The maximum Gasteiger partial charge on any atom is 0.236 e. The predicted molar refractivity (Wildman–Crippen MR) is 104 cm³/mol. The van der Waals surface area contributed by atoms with Crippen LogP contribution in [0.2, 0.25) is 0 Å². The largest absolute Gasteiger partial charge is 0.496 e. The number of carbonyl (C=O) groups excluding carboxylic acids is 1. The molecule has 3 rings (SSSR count). The van der Waals surface area contributed by atoms with Crippen LogP contribution in [0.4, 0.5) is 0 Å². The van der Waals surface area contributed by atoms with E-state index in [1.807, 2.05) is 29.2 Å². The number of piperidine rings is 1. The summed E-state index contributed by atoms with van der Waals surface area (Å²) < 4.78 is 5.34. The number of benzene rings is 2. The van der Waals surface area contributed by atoms with E-state index in [0.29, 0.717) is 19.0 Å². The molecule has 0 saturated carbocycles. The fourth-order valence-corrected chi connectivity index (χ4v) is 3.60. The van der Waals surface area contributed by atoms with Crippen LogP contribution in [0, 0.1) is 5.92 Å². The zero-order chi connectivity index (χ0) is 18.2. The minimum Gasteiger partial charge on any atom is -0.496 e. The Hall–Kier alpha value is -2.33. The van der Waals surface area contributed by atoms with E-state index in [9.17, 15) is 4.79 Å². The summed E-state index contributed by atoms with van der Waals surface area (Å²) in [5.41, 5.74) is 2.47. The molecule has 0 radical (unpaired) electrons. The van der Waals surface area contributed by atoms with E-state index in [2.05, 4.69) is 35.6 Å². The standard InChI is InChI=1S/C22H28N2O2/c1-26-21-10-6-5-9-20(21)16-23-17-22(25)24-13-11-19(12-14-24)15-18-7-3-2-4-8-18/h2-10,19,23H,11-17H2,1H3. The lowest BCUT2D eigenvalue weighted by Crippen LogP contribution is -2.43. The average Bonchev–Trinajstić information content (AvgIpc) is 2.69. The molecule has 1 aliphatic rings. The topological polar surface area (TPSA) is 41.6 Å². The second-order valence-corrected chi connectivity index (χ2v) is 6.93. The Morgan fingerprint density at radius 3 is 2.50 bits per heavy atom. The van der Waals surface area contributed by atoms with Gasteiger partial charge in [0, 0.05) is 25.2 Å². The molecule has 0 aliphatic carbocycles. The Morgan fingerprint density at radius 2 is 1.77 bits per heavy atom. The third-order valence-electron chi connectivity index (χ3n) is 5.12. The maximum atomic E-state index is 12.4. The van der Waals surface area contributed by atoms with Crippen molar-refractivity contribution in [2.75, 3.05) is 26.7 Å². The summed E-state index contributed by atoms with van der Waals surface area (Å²) in [6.45, 7) is 2.75. The molecule has 2 aromatic rings. The summed E-state index contributed by atoms with van der Waals surface area (Å²) in [7, 11) is 1.67. The smallest absolute Gasteiger partial charge is 0.236 e. The number of methoxy groups -OCH3 is 1. The van der Waals surface area contributed by atoms with Crippen molar-refractivity contribution in [3.05, 3.63) is 65.7 Å². The molecule has 0 unspecified atom stereocenters. The van der Waals surface area contributed by atoms with E-state index >= 15 is 0 Å². The van der Waals surface area contributed by atoms with Gasteiger partial charge in [0.15, 0.2) is 0 Å². The molecule has 1 saturated heterocycles. The van der Waals surface area contributed by atoms with Crippen molar-refractivity contribution in [2.24, 2.45) is 5.92 Å². The summed E-state index contributed by atoms with van der Waals surface area (Å²) in [6.07, 6.45) is 3.30. The van der Waals surface area contributed by atoms with Crippen molar-refractivity contribution in [2.45, 2.75) is 25.8 Å². The average molecular weight is 352 g/mol. The first-order valence-corrected chi connectivity index (χ1v) is 9.40. The van der Waals surface area contributed by atoms with E-state index < -0.39 is 0 Å². The number of rotatable bonds is 7. The van der Waals surface area contributed by atoms with Crippen LogP contribution in [0.1, 0.15) is 24.0 Å². The third-order valence-corrected chi connectivity index (χ3v) is 5.12. The van der Waals surface area contributed by atoms with E-state index in [4.69, 9.17) is 4.74 Å². The molecule has 26 heavy (non-hydrogen) atoms. The second kappa shape index (κ2) is 9.39.